The molecule has 0 aliphatic rings. The Kier molecular flexibility index (Phi) is 7.02. The van der Waals surface area contributed by atoms with Gasteiger partial charge in [0.1, 0.15) is 11.5 Å². The zero-order chi connectivity index (χ0) is 17.2. The summed E-state index contributed by atoms with van der Waals surface area (Å²) in [6.07, 6.45) is 2.49. The lowest BCUT2D eigenvalue weighted by atomic mass is 10.0. The molecule has 2 aromatic rings. The van der Waals surface area contributed by atoms with Crippen LogP contribution in [-0.4, -0.2) is 11.9 Å². The summed E-state index contributed by atoms with van der Waals surface area (Å²) in [7, 11) is 0. The van der Waals surface area contributed by atoms with E-state index in [9.17, 15) is 9.59 Å². The summed E-state index contributed by atoms with van der Waals surface area (Å²) in [5.41, 5.74) is 0. The number of unbranched alkanes of at least 4 members (excludes halogenated alkanes) is 1. The van der Waals surface area contributed by atoms with Crippen LogP contribution in [0.2, 0.25) is 0 Å². The van der Waals surface area contributed by atoms with Crippen molar-refractivity contribution < 1.29 is 19.1 Å². The average molecular weight is 326 g/mol. The zero-order valence-electron chi connectivity index (χ0n) is 13.8. The van der Waals surface area contributed by atoms with Gasteiger partial charge in [0, 0.05) is 6.42 Å². The lowest BCUT2D eigenvalue weighted by molar-refractivity contribution is -0.138. The van der Waals surface area contributed by atoms with Gasteiger partial charge in [0.2, 0.25) is 0 Å². The summed E-state index contributed by atoms with van der Waals surface area (Å²) in [6.45, 7) is 1.84. The number of para-hydroxylation sites is 2. The van der Waals surface area contributed by atoms with Crippen molar-refractivity contribution in [2.24, 2.45) is 5.92 Å². The van der Waals surface area contributed by atoms with E-state index in [2.05, 4.69) is 0 Å². The monoisotopic (exact) mass is 326 g/mol. The topological polar surface area (TPSA) is 52.6 Å². The van der Waals surface area contributed by atoms with E-state index in [1.165, 1.54) is 0 Å². The largest absolute Gasteiger partial charge is 0.427 e. The van der Waals surface area contributed by atoms with Gasteiger partial charge in [-0.25, -0.2) is 0 Å². The van der Waals surface area contributed by atoms with E-state index >= 15 is 0 Å². The van der Waals surface area contributed by atoms with Crippen molar-refractivity contribution in [3.8, 4) is 11.5 Å². The van der Waals surface area contributed by atoms with E-state index in [4.69, 9.17) is 9.47 Å². The molecule has 4 heteroatoms. The molecule has 1 unspecified atom stereocenters. The molecule has 0 spiro atoms. The van der Waals surface area contributed by atoms with Crippen molar-refractivity contribution in [2.75, 3.05) is 0 Å². The maximum absolute atomic E-state index is 12.0. The highest BCUT2D eigenvalue weighted by atomic mass is 16.5. The Morgan fingerprint density at radius 1 is 0.833 bits per heavy atom. The first-order valence-electron chi connectivity index (χ1n) is 8.17. The molecule has 0 heterocycles. The predicted molar refractivity (Wildman–Crippen MR) is 91.8 cm³/mol. The third-order valence-corrected chi connectivity index (χ3v) is 3.61. The molecule has 0 saturated carbocycles. The van der Waals surface area contributed by atoms with Crippen LogP contribution >= 0.6 is 0 Å². The fourth-order valence-electron chi connectivity index (χ4n) is 2.21. The third kappa shape index (κ3) is 6.24. The molecule has 0 N–H and O–H groups in total. The SMILES string of the molecule is CC(CCCCC(=O)Oc1ccccc1)C(=O)Oc1ccccc1. The molecule has 1 atom stereocenters. The van der Waals surface area contributed by atoms with Crippen LogP contribution in [-0.2, 0) is 9.59 Å². The summed E-state index contributed by atoms with van der Waals surface area (Å²) in [6, 6.07) is 18.0. The van der Waals surface area contributed by atoms with Crippen molar-refractivity contribution in [2.45, 2.75) is 32.6 Å². The molecule has 0 amide bonds. The highest BCUT2D eigenvalue weighted by molar-refractivity contribution is 5.74. The van der Waals surface area contributed by atoms with Crippen LogP contribution < -0.4 is 9.47 Å². The molecule has 0 fully saturated rings. The van der Waals surface area contributed by atoms with Gasteiger partial charge in [-0.15, -0.1) is 0 Å². The highest BCUT2D eigenvalue weighted by Crippen LogP contribution is 2.16. The van der Waals surface area contributed by atoms with E-state index in [-0.39, 0.29) is 17.9 Å². The van der Waals surface area contributed by atoms with E-state index in [1.807, 2.05) is 43.3 Å². The number of hydrogen-bond donors (Lipinski definition) is 0. The molecule has 4 nitrogen and oxygen atoms in total. The lowest BCUT2D eigenvalue weighted by Gasteiger charge is -2.11. The molecule has 126 valence electrons. The normalized spacial score (nSPS) is 11.5. The molecule has 0 aromatic heterocycles. The van der Waals surface area contributed by atoms with E-state index in [0.29, 0.717) is 30.8 Å². The van der Waals surface area contributed by atoms with Gasteiger partial charge in [-0.05, 0) is 37.1 Å². The van der Waals surface area contributed by atoms with Gasteiger partial charge in [-0.2, -0.15) is 0 Å². The number of ether oxygens (including phenoxy) is 2. The Morgan fingerprint density at radius 2 is 1.38 bits per heavy atom. The molecule has 2 rings (SSSR count). The second-order valence-electron chi connectivity index (χ2n) is 5.67. The summed E-state index contributed by atoms with van der Waals surface area (Å²) in [4.78, 5) is 23.7. The molecule has 0 saturated heterocycles. The molecule has 0 aliphatic heterocycles. The highest BCUT2D eigenvalue weighted by Gasteiger charge is 2.15. The van der Waals surface area contributed by atoms with Gasteiger partial charge in [0.25, 0.3) is 0 Å². The summed E-state index contributed by atoms with van der Waals surface area (Å²) in [5.74, 6) is 0.423. The molecule has 24 heavy (non-hydrogen) atoms. The van der Waals surface area contributed by atoms with Crippen LogP contribution in [0.25, 0.3) is 0 Å². The summed E-state index contributed by atoms with van der Waals surface area (Å²) < 4.78 is 10.5. The Balaban J connectivity index is 1.62. The van der Waals surface area contributed by atoms with Crippen molar-refractivity contribution in [3.63, 3.8) is 0 Å². The van der Waals surface area contributed by atoms with Gasteiger partial charge < -0.3 is 9.47 Å². The van der Waals surface area contributed by atoms with Crippen molar-refractivity contribution in [1.82, 2.24) is 0 Å². The van der Waals surface area contributed by atoms with Crippen LogP contribution in [0.1, 0.15) is 32.6 Å². The van der Waals surface area contributed by atoms with Crippen LogP contribution in [0.3, 0.4) is 0 Å². The molecular weight excluding hydrogens is 304 g/mol. The zero-order valence-corrected chi connectivity index (χ0v) is 13.8. The van der Waals surface area contributed by atoms with E-state index in [0.717, 1.165) is 6.42 Å². The number of esters is 2. The van der Waals surface area contributed by atoms with Crippen LogP contribution in [0.4, 0.5) is 0 Å². The number of carbonyl (C=O) groups is 2. The fourth-order valence-corrected chi connectivity index (χ4v) is 2.21. The van der Waals surface area contributed by atoms with Gasteiger partial charge in [-0.1, -0.05) is 49.7 Å². The quantitative estimate of drug-likeness (QED) is 0.410. The van der Waals surface area contributed by atoms with Crippen LogP contribution in [0.15, 0.2) is 60.7 Å². The second-order valence-corrected chi connectivity index (χ2v) is 5.67. The molecular formula is C20H22O4. The van der Waals surface area contributed by atoms with E-state index in [1.54, 1.807) is 24.3 Å². The fraction of sp³-hybridized carbons (Fsp3) is 0.300. The minimum atomic E-state index is -0.249. The van der Waals surface area contributed by atoms with Crippen LogP contribution in [0, 0.1) is 5.92 Å². The second kappa shape index (κ2) is 9.50. The predicted octanol–water partition coefficient (Wildman–Crippen LogP) is 4.39. The first kappa shape index (κ1) is 17.7. The first-order valence-corrected chi connectivity index (χ1v) is 8.17. The Hall–Kier alpha value is -2.62. The number of rotatable bonds is 8. The number of carbonyl (C=O) groups excluding carboxylic acids is 2. The third-order valence-electron chi connectivity index (χ3n) is 3.61. The standard InChI is InChI=1S/C20H22O4/c1-16(20(22)24-18-13-6-3-7-14-18)10-8-9-15-19(21)23-17-11-4-2-5-12-17/h2-7,11-14,16H,8-10,15H2,1H3. The Morgan fingerprint density at radius 3 is 1.96 bits per heavy atom. The Bertz CT molecular complexity index is 637. The van der Waals surface area contributed by atoms with E-state index < -0.39 is 0 Å². The molecule has 0 aliphatic carbocycles. The minimum Gasteiger partial charge on any atom is -0.427 e. The van der Waals surface area contributed by atoms with Gasteiger partial charge in [-0.3, -0.25) is 9.59 Å². The number of benzene rings is 2. The molecule has 0 radical (unpaired) electrons. The summed E-state index contributed by atoms with van der Waals surface area (Å²) >= 11 is 0. The number of hydrogen-bond acceptors (Lipinski definition) is 4. The maximum atomic E-state index is 12.0. The molecule has 0 bridgehead atoms. The van der Waals surface area contributed by atoms with Gasteiger partial charge in [0.05, 0.1) is 5.92 Å². The average Bonchev–Trinajstić information content (AvgIpc) is 2.60. The minimum absolute atomic E-state index is 0.199. The molecule has 2 aromatic carbocycles. The smallest absolute Gasteiger partial charge is 0.314 e. The lowest BCUT2D eigenvalue weighted by Crippen LogP contribution is -2.18. The van der Waals surface area contributed by atoms with Crippen LogP contribution in [0.5, 0.6) is 11.5 Å². The Labute approximate surface area is 142 Å². The van der Waals surface area contributed by atoms with Crippen molar-refractivity contribution in [3.05, 3.63) is 60.7 Å². The van der Waals surface area contributed by atoms with Crippen molar-refractivity contribution >= 4 is 11.9 Å². The van der Waals surface area contributed by atoms with Crippen molar-refractivity contribution in [1.29, 1.82) is 0 Å². The summed E-state index contributed by atoms with van der Waals surface area (Å²) in [5, 5.41) is 0. The van der Waals surface area contributed by atoms with Gasteiger partial charge >= 0.3 is 11.9 Å². The maximum Gasteiger partial charge on any atom is 0.314 e. The van der Waals surface area contributed by atoms with Gasteiger partial charge in [0.15, 0.2) is 0 Å². The first-order chi connectivity index (χ1) is 11.6.